The number of amides is 1. The molecule has 37 heavy (non-hydrogen) atoms. The molecule has 1 aliphatic heterocycles. The summed E-state index contributed by atoms with van der Waals surface area (Å²) in [6.07, 6.45) is 4.25. The highest BCUT2D eigenvalue weighted by Gasteiger charge is 2.25. The predicted molar refractivity (Wildman–Crippen MR) is 140 cm³/mol. The zero-order valence-electron chi connectivity index (χ0n) is 21.8. The van der Waals surface area contributed by atoms with E-state index < -0.39 is 0 Å². The number of hydrogen-bond acceptors (Lipinski definition) is 8. The van der Waals surface area contributed by atoms with Gasteiger partial charge in [0.2, 0.25) is 11.9 Å². The number of nitrogens with one attached hydrogen (secondary N) is 2. The van der Waals surface area contributed by atoms with Crippen LogP contribution in [0.25, 0.3) is 11.2 Å². The molecule has 0 aromatic carbocycles. The van der Waals surface area contributed by atoms with Crippen LogP contribution in [0.2, 0.25) is 0 Å². The van der Waals surface area contributed by atoms with Gasteiger partial charge < -0.3 is 24.7 Å². The second-order valence-corrected chi connectivity index (χ2v) is 10.4. The summed E-state index contributed by atoms with van der Waals surface area (Å²) in [6, 6.07) is 7.33. The molecular weight excluding hydrogens is 472 g/mol. The van der Waals surface area contributed by atoms with Gasteiger partial charge in [0.15, 0.2) is 11.5 Å². The molecule has 11 nitrogen and oxygen atoms in total. The fourth-order valence-corrected chi connectivity index (χ4v) is 4.38. The number of rotatable bonds is 7. The maximum Gasteiger partial charge on any atom is 0.222 e. The lowest BCUT2D eigenvalue weighted by Crippen LogP contribution is -2.21. The van der Waals surface area contributed by atoms with Gasteiger partial charge in [-0.05, 0) is 12.5 Å². The van der Waals surface area contributed by atoms with Crippen LogP contribution < -0.4 is 15.4 Å². The normalized spacial score (nSPS) is 15.8. The second-order valence-electron chi connectivity index (χ2n) is 10.4. The number of aromatic nitrogens is 6. The van der Waals surface area contributed by atoms with Crippen molar-refractivity contribution in [2.24, 2.45) is 13.0 Å². The maximum absolute atomic E-state index is 11.3. The minimum Gasteiger partial charge on any atom is -0.455 e. The lowest BCUT2D eigenvalue weighted by Gasteiger charge is -2.21. The molecule has 5 rings (SSSR count). The standard InChI is InChI=1S/C26H32N8O3/c1-16(35)29-22-11-18(6-8-27-22)37-19-10-20-24(28-13-19)31-25(33(20)5)30-23-12-21(26(2,3)4)34(32-23)14-17-7-9-36-15-17/h6,8,10-13,17H,7,9,14-15H2,1-5H3,(H,27,29,35)(H,28,30,31,32). The lowest BCUT2D eigenvalue weighted by atomic mass is 9.92. The summed E-state index contributed by atoms with van der Waals surface area (Å²) < 4.78 is 15.6. The third-order valence-corrected chi connectivity index (χ3v) is 6.23. The van der Waals surface area contributed by atoms with Crippen LogP contribution in [0.1, 0.15) is 39.8 Å². The average molecular weight is 505 g/mol. The molecule has 0 saturated carbocycles. The number of ether oxygens (including phenoxy) is 2. The Morgan fingerprint density at radius 1 is 1.19 bits per heavy atom. The van der Waals surface area contributed by atoms with Crippen LogP contribution in [0.5, 0.6) is 11.5 Å². The Balaban J connectivity index is 1.38. The molecule has 2 N–H and O–H groups in total. The van der Waals surface area contributed by atoms with Crippen molar-refractivity contribution in [2.45, 2.75) is 46.1 Å². The van der Waals surface area contributed by atoms with Crippen LogP contribution in [-0.2, 0) is 28.5 Å². The first-order valence-corrected chi connectivity index (χ1v) is 12.3. The third-order valence-electron chi connectivity index (χ3n) is 6.23. The summed E-state index contributed by atoms with van der Waals surface area (Å²) in [5.74, 6) is 3.14. The number of hydrogen-bond donors (Lipinski definition) is 2. The fraction of sp³-hybridized carbons (Fsp3) is 0.423. The maximum atomic E-state index is 11.3. The monoisotopic (exact) mass is 504 g/mol. The van der Waals surface area contributed by atoms with Crippen molar-refractivity contribution in [1.29, 1.82) is 0 Å². The molecular formula is C26H32N8O3. The SMILES string of the molecule is CC(=O)Nc1cc(Oc2cnc3nc(Nc4cc(C(C)(C)C)n(CC5CCOC5)n4)n(C)c3c2)ccn1. The Hall–Kier alpha value is -3.99. The van der Waals surface area contributed by atoms with E-state index in [-0.39, 0.29) is 11.3 Å². The highest BCUT2D eigenvalue weighted by molar-refractivity contribution is 5.87. The van der Waals surface area contributed by atoms with Gasteiger partial charge in [0, 0.05) is 68.5 Å². The Kier molecular flexibility index (Phi) is 6.55. The lowest BCUT2D eigenvalue weighted by molar-refractivity contribution is -0.114. The highest BCUT2D eigenvalue weighted by atomic mass is 16.5. The number of carbonyl (C=O) groups excluding carboxylic acids is 1. The number of imidazole rings is 1. The van der Waals surface area contributed by atoms with E-state index in [1.807, 2.05) is 17.7 Å². The van der Waals surface area contributed by atoms with Crippen LogP contribution in [0.15, 0.2) is 36.7 Å². The molecule has 1 atom stereocenters. The van der Waals surface area contributed by atoms with Crippen molar-refractivity contribution in [3.63, 3.8) is 0 Å². The molecule has 1 unspecified atom stereocenters. The van der Waals surface area contributed by atoms with E-state index in [0.29, 0.717) is 34.8 Å². The Labute approximate surface area is 215 Å². The largest absolute Gasteiger partial charge is 0.455 e. The Morgan fingerprint density at radius 3 is 2.76 bits per heavy atom. The summed E-state index contributed by atoms with van der Waals surface area (Å²) in [5, 5.41) is 10.9. The van der Waals surface area contributed by atoms with Crippen LogP contribution in [0.3, 0.4) is 0 Å². The first-order chi connectivity index (χ1) is 17.7. The Bertz CT molecular complexity index is 1430. The molecule has 0 radical (unpaired) electrons. The molecule has 4 aromatic rings. The first kappa shape index (κ1) is 24.7. The van der Waals surface area contributed by atoms with Crippen molar-refractivity contribution in [3.8, 4) is 11.5 Å². The molecule has 1 amide bonds. The van der Waals surface area contributed by atoms with Crippen LogP contribution in [-0.4, -0.2) is 48.4 Å². The third kappa shape index (κ3) is 5.56. The molecule has 1 saturated heterocycles. The van der Waals surface area contributed by atoms with E-state index in [9.17, 15) is 4.79 Å². The van der Waals surface area contributed by atoms with Gasteiger partial charge in [-0.15, -0.1) is 0 Å². The smallest absolute Gasteiger partial charge is 0.222 e. The predicted octanol–water partition coefficient (Wildman–Crippen LogP) is 4.39. The number of nitrogens with zero attached hydrogens (tertiary/aromatic N) is 6. The minimum absolute atomic E-state index is 0.0563. The Morgan fingerprint density at radius 2 is 2.03 bits per heavy atom. The number of pyridine rings is 2. The summed E-state index contributed by atoms with van der Waals surface area (Å²) in [5.41, 5.74) is 2.49. The minimum atomic E-state index is -0.199. The van der Waals surface area contributed by atoms with E-state index in [0.717, 1.165) is 43.2 Å². The van der Waals surface area contributed by atoms with Crippen LogP contribution in [0, 0.1) is 5.92 Å². The molecule has 4 aromatic heterocycles. The number of fused-ring (bicyclic) bond motifs is 1. The summed E-state index contributed by atoms with van der Waals surface area (Å²) in [6.45, 7) is 10.4. The van der Waals surface area contributed by atoms with Crippen LogP contribution in [0.4, 0.5) is 17.6 Å². The van der Waals surface area contributed by atoms with E-state index in [4.69, 9.17) is 14.6 Å². The van der Waals surface area contributed by atoms with E-state index in [1.54, 1.807) is 24.5 Å². The summed E-state index contributed by atoms with van der Waals surface area (Å²) >= 11 is 0. The number of aryl methyl sites for hydroxylation is 1. The van der Waals surface area contributed by atoms with E-state index in [1.165, 1.54) is 6.92 Å². The molecule has 0 bridgehead atoms. The fourth-order valence-electron chi connectivity index (χ4n) is 4.38. The van der Waals surface area contributed by atoms with Gasteiger partial charge in [0.1, 0.15) is 17.3 Å². The van der Waals surface area contributed by atoms with Crippen LogP contribution >= 0.6 is 0 Å². The van der Waals surface area contributed by atoms with Crippen molar-refractivity contribution in [3.05, 3.63) is 42.4 Å². The quantitative estimate of drug-likeness (QED) is 0.380. The van der Waals surface area contributed by atoms with Gasteiger partial charge >= 0.3 is 0 Å². The molecule has 1 fully saturated rings. The molecule has 194 valence electrons. The summed E-state index contributed by atoms with van der Waals surface area (Å²) in [4.78, 5) is 24.6. The number of carbonyl (C=O) groups is 1. The van der Waals surface area contributed by atoms with E-state index >= 15 is 0 Å². The van der Waals surface area contributed by atoms with Gasteiger partial charge in [-0.2, -0.15) is 10.1 Å². The molecule has 5 heterocycles. The first-order valence-electron chi connectivity index (χ1n) is 12.3. The number of anilines is 3. The zero-order chi connectivity index (χ0) is 26.2. The molecule has 0 aliphatic carbocycles. The molecule has 11 heteroatoms. The summed E-state index contributed by atoms with van der Waals surface area (Å²) in [7, 11) is 1.92. The van der Waals surface area contributed by atoms with Gasteiger partial charge in [0.25, 0.3) is 0 Å². The highest BCUT2D eigenvalue weighted by Crippen LogP contribution is 2.30. The van der Waals surface area contributed by atoms with Gasteiger partial charge in [0.05, 0.1) is 18.3 Å². The molecule has 1 aliphatic rings. The van der Waals surface area contributed by atoms with Gasteiger partial charge in [-0.1, -0.05) is 20.8 Å². The van der Waals surface area contributed by atoms with Crippen molar-refractivity contribution < 1.29 is 14.3 Å². The van der Waals surface area contributed by atoms with Crippen molar-refractivity contribution >= 4 is 34.7 Å². The topological polar surface area (TPSA) is 121 Å². The molecule has 0 spiro atoms. The zero-order valence-corrected chi connectivity index (χ0v) is 21.8. The van der Waals surface area contributed by atoms with E-state index in [2.05, 4.69) is 57.1 Å². The van der Waals surface area contributed by atoms with Gasteiger partial charge in [-0.3, -0.25) is 9.48 Å². The second kappa shape index (κ2) is 9.81. The average Bonchev–Trinajstić information content (AvgIpc) is 3.55. The van der Waals surface area contributed by atoms with Crippen molar-refractivity contribution in [2.75, 3.05) is 23.8 Å². The van der Waals surface area contributed by atoms with Gasteiger partial charge in [-0.25, -0.2) is 9.97 Å². The van der Waals surface area contributed by atoms with Crippen molar-refractivity contribution in [1.82, 2.24) is 29.3 Å².